The van der Waals surface area contributed by atoms with Gasteiger partial charge in [0.15, 0.2) is 0 Å². The van der Waals surface area contributed by atoms with Gasteiger partial charge in [-0.05, 0) is 23.8 Å². The third-order valence-electron chi connectivity index (χ3n) is 6.70. The molecule has 0 aromatic heterocycles. The molecule has 28 heavy (non-hydrogen) atoms. The Bertz CT molecular complexity index is 800. The molecule has 0 radical (unpaired) electrons. The Balaban J connectivity index is 1.46. The Labute approximate surface area is 164 Å². The lowest BCUT2D eigenvalue weighted by atomic mass is 9.85. The zero-order valence-corrected chi connectivity index (χ0v) is 15.7. The van der Waals surface area contributed by atoms with Crippen LogP contribution in [0.1, 0.15) is 12.0 Å². The number of amides is 3. The van der Waals surface area contributed by atoms with Crippen molar-refractivity contribution in [3.63, 3.8) is 0 Å². The van der Waals surface area contributed by atoms with Crippen LogP contribution in [0.25, 0.3) is 0 Å². The third kappa shape index (κ3) is 2.70. The number of imide groups is 1. The highest BCUT2D eigenvalue weighted by molar-refractivity contribution is 6.09. The first-order chi connectivity index (χ1) is 13.6. The number of carbonyl (C=O) groups excluding carboxylic acids is 3. The van der Waals surface area contributed by atoms with Crippen LogP contribution in [0.15, 0.2) is 42.5 Å². The lowest BCUT2D eigenvalue weighted by molar-refractivity contribution is -0.154. The first-order valence-electron chi connectivity index (χ1n) is 10.1. The number of fused-ring (bicyclic) bond motifs is 5. The molecule has 1 saturated carbocycles. The number of nitrogens with zero attached hydrogens (tertiary/aromatic N) is 2. The fourth-order valence-corrected chi connectivity index (χ4v) is 5.35. The van der Waals surface area contributed by atoms with Crippen LogP contribution in [-0.4, -0.2) is 59.9 Å². The van der Waals surface area contributed by atoms with Gasteiger partial charge in [-0.3, -0.25) is 19.3 Å². The minimum absolute atomic E-state index is 0.144. The zero-order valence-electron chi connectivity index (χ0n) is 15.7. The molecule has 0 N–H and O–H groups in total. The highest BCUT2D eigenvalue weighted by Gasteiger charge is 2.61. The standard InChI is InChI=1S/C22H24N2O4/c25-20(23-8-10-28-11-9-23)17(12-14-4-2-1-3-5-14)24-21(26)18-15-6-7-16(13-15)19(18)22(24)27/h1-7,15-19H,8-13H2/t15-,16+,17-,18+,19-/m0/s1. The fraction of sp³-hybridized carbons (Fsp3) is 0.500. The van der Waals surface area contributed by atoms with E-state index in [9.17, 15) is 14.4 Å². The third-order valence-corrected chi connectivity index (χ3v) is 6.70. The van der Waals surface area contributed by atoms with Gasteiger partial charge in [0.05, 0.1) is 25.0 Å². The highest BCUT2D eigenvalue weighted by atomic mass is 16.5. The molecule has 0 spiro atoms. The molecule has 0 unspecified atom stereocenters. The first kappa shape index (κ1) is 17.6. The Morgan fingerprint density at radius 2 is 1.61 bits per heavy atom. The summed E-state index contributed by atoms with van der Waals surface area (Å²) in [5.74, 6) is -0.728. The molecule has 5 atom stereocenters. The molecule has 1 aromatic carbocycles. The van der Waals surface area contributed by atoms with E-state index in [0.717, 1.165) is 12.0 Å². The van der Waals surface area contributed by atoms with Crippen LogP contribution in [0.2, 0.25) is 0 Å². The minimum Gasteiger partial charge on any atom is -0.378 e. The van der Waals surface area contributed by atoms with E-state index >= 15 is 0 Å². The second-order valence-electron chi connectivity index (χ2n) is 8.19. The average Bonchev–Trinajstić information content (AvgIpc) is 3.41. The molecule has 3 amide bonds. The van der Waals surface area contributed by atoms with Gasteiger partial charge in [0, 0.05) is 19.5 Å². The Kier molecular flexibility index (Phi) is 4.31. The smallest absolute Gasteiger partial charge is 0.246 e. The Hall–Kier alpha value is -2.47. The average molecular weight is 380 g/mol. The summed E-state index contributed by atoms with van der Waals surface area (Å²) in [6.07, 6.45) is 5.41. The molecule has 2 saturated heterocycles. The number of ether oxygens (including phenoxy) is 1. The molecule has 5 rings (SSSR count). The van der Waals surface area contributed by atoms with Gasteiger partial charge in [-0.2, -0.15) is 0 Å². The minimum atomic E-state index is -0.773. The topological polar surface area (TPSA) is 66.9 Å². The zero-order chi connectivity index (χ0) is 19.3. The van der Waals surface area contributed by atoms with Crippen LogP contribution in [0.5, 0.6) is 0 Å². The largest absolute Gasteiger partial charge is 0.378 e. The Morgan fingerprint density at radius 3 is 2.21 bits per heavy atom. The van der Waals surface area contributed by atoms with Crippen molar-refractivity contribution in [3.8, 4) is 0 Å². The first-order valence-corrected chi connectivity index (χ1v) is 10.1. The van der Waals surface area contributed by atoms with E-state index in [-0.39, 0.29) is 41.4 Å². The molecule has 6 nitrogen and oxygen atoms in total. The number of morpholine rings is 1. The van der Waals surface area contributed by atoms with Gasteiger partial charge in [0.2, 0.25) is 17.7 Å². The van der Waals surface area contributed by atoms with Gasteiger partial charge < -0.3 is 9.64 Å². The van der Waals surface area contributed by atoms with Gasteiger partial charge in [-0.1, -0.05) is 42.5 Å². The number of benzene rings is 1. The molecule has 2 aliphatic carbocycles. The van der Waals surface area contributed by atoms with E-state index in [0.29, 0.717) is 32.7 Å². The second-order valence-corrected chi connectivity index (χ2v) is 8.19. The van der Waals surface area contributed by atoms with Crippen molar-refractivity contribution in [3.05, 3.63) is 48.0 Å². The number of allylic oxidation sites excluding steroid dienone is 2. The van der Waals surface area contributed by atoms with Crippen LogP contribution >= 0.6 is 0 Å². The SMILES string of the molecule is O=C([C@H](Cc1ccccc1)N1C(=O)[C@@H]2[C@H](C1=O)[C@H]1C=C[C@@H]2C1)N1CCOCC1. The van der Waals surface area contributed by atoms with Crippen molar-refractivity contribution in [2.24, 2.45) is 23.7 Å². The molecular weight excluding hydrogens is 356 g/mol. The maximum Gasteiger partial charge on any atom is 0.246 e. The predicted octanol–water partition coefficient (Wildman–Crippen LogP) is 1.26. The van der Waals surface area contributed by atoms with Gasteiger partial charge in [0.1, 0.15) is 6.04 Å². The van der Waals surface area contributed by atoms with E-state index in [2.05, 4.69) is 12.2 Å². The van der Waals surface area contributed by atoms with E-state index < -0.39 is 6.04 Å². The van der Waals surface area contributed by atoms with Gasteiger partial charge in [-0.15, -0.1) is 0 Å². The van der Waals surface area contributed by atoms with E-state index in [1.807, 2.05) is 30.3 Å². The van der Waals surface area contributed by atoms with Crippen molar-refractivity contribution < 1.29 is 19.1 Å². The summed E-state index contributed by atoms with van der Waals surface area (Å²) in [4.78, 5) is 43.0. The molecular formula is C22H24N2O4. The van der Waals surface area contributed by atoms with Crippen LogP contribution in [-0.2, 0) is 25.5 Å². The van der Waals surface area contributed by atoms with Gasteiger partial charge >= 0.3 is 0 Å². The van der Waals surface area contributed by atoms with E-state index in [4.69, 9.17) is 4.74 Å². The number of hydrogen-bond donors (Lipinski definition) is 0. The van der Waals surface area contributed by atoms with E-state index in [1.165, 1.54) is 4.90 Å². The van der Waals surface area contributed by atoms with Crippen LogP contribution in [0.4, 0.5) is 0 Å². The molecule has 4 aliphatic rings. The summed E-state index contributed by atoms with van der Waals surface area (Å²) in [5.41, 5.74) is 0.952. The van der Waals surface area contributed by atoms with Crippen molar-refractivity contribution in [2.45, 2.75) is 18.9 Å². The summed E-state index contributed by atoms with van der Waals surface area (Å²) < 4.78 is 5.36. The van der Waals surface area contributed by atoms with Gasteiger partial charge in [0.25, 0.3) is 0 Å². The number of hydrogen-bond acceptors (Lipinski definition) is 4. The highest BCUT2D eigenvalue weighted by Crippen LogP contribution is 2.53. The lowest BCUT2D eigenvalue weighted by Crippen LogP contribution is -2.55. The number of likely N-dealkylation sites (tertiary alicyclic amines) is 1. The van der Waals surface area contributed by atoms with Crippen molar-refractivity contribution in [1.29, 1.82) is 0 Å². The molecule has 6 heteroatoms. The van der Waals surface area contributed by atoms with Crippen molar-refractivity contribution in [2.75, 3.05) is 26.3 Å². The maximum absolute atomic E-state index is 13.4. The molecule has 146 valence electrons. The van der Waals surface area contributed by atoms with Crippen LogP contribution < -0.4 is 0 Å². The second kappa shape index (κ2) is 6.85. The quantitative estimate of drug-likeness (QED) is 0.583. The predicted molar refractivity (Wildman–Crippen MR) is 101 cm³/mol. The maximum atomic E-state index is 13.4. The monoisotopic (exact) mass is 380 g/mol. The van der Waals surface area contributed by atoms with Crippen molar-refractivity contribution in [1.82, 2.24) is 9.80 Å². The molecule has 3 fully saturated rings. The molecule has 2 aliphatic heterocycles. The van der Waals surface area contributed by atoms with Crippen molar-refractivity contribution >= 4 is 17.7 Å². The molecule has 2 bridgehead atoms. The number of rotatable bonds is 4. The fourth-order valence-electron chi connectivity index (χ4n) is 5.35. The summed E-state index contributed by atoms with van der Waals surface area (Å²) in [6.45, 7) is 1.98. The summed E-state index contributed by atoms with van der Waals surface area (Å²) in [6, 6.07) is 8.86. The Morgan fingerprint density at radius 1 is 1.00 bits per heavy atom. The van der Waals surface area contributed by atoms with Gasteiger partial charge in [-0.25, -0.2) is 0 Å². The van der Waals surface area contributed by atoms with Crippen LogP contribution in [0, 0.1) is 23.7 Å². The van der Waals surface area contributed by atoms with Crippen LogP contribution in [0.3, 0.4) is 0 Å². The molecule has 2 heterocycles. The summed E-state index contributed by atoms with van der Waals surface area (Å²) in [7, 11) is 0. The number of carbonyl (C=O) groups is 3. The lowest BCUT2D eigenvalue weighted by Gasteiger charge is -2.34. The molecule has 1 aromatic rings. The normalized spacial score (nSPS) is 32.1. The summed E-state index contributed by atoms with van der Waals surface area (Å²) >= 11 is 0. The summed E-state index contributed by atoms with van der Waals surface area (Å²) in [5, 5.41) is 0. The van der Waals surface area contributed by atoms with E-state index in [1.54, 1.807) is 4.90 Å².